The van der Waals surface area contributed by atoms with Gasteiger partial charge in [-0.25, -0.2) is 4.39 Å². The second-order valence-corrected chi connectivity index (χ2v) is 5.11. The van der Waals surface area contributed by atoms with Gasteiger partial charge in [0.1, 0.15) is 5.82 Å². The van der Waals surface area contributed by atoms with E-state index in [1.165, 1.54) is 17.0 Å². The monoisotopic (exact) mass is 315 g/mol. The second kappa shape index (κ2) is 5.06. The fourth-order valence-corrected chi connectivity index (χ4v) is 2.31. The standard InChI is InChI=1S/C12H11BrFNO3/c13-8-1-2-9(10(14)5-8)11(16)15-4-3-7(6-15)12(17)18/h1-2,5,7H,3-4,6H2,(H,17,18)/t7-/m0/s1. The zero-order valence-electron chi connectivity index (χ0n) is 9.40. The second-order valence-electron chi connectivity index (χ2n) is 4.20. The van der Waals surface area contributed by atoms with Crippen molar-refractivity contribution < 1.29 is 19.1 Å². The molecule has 0 aromatic heterocycles. The summed E-state index contributed by atoms with van der Waals surface area (Å²) >= 11 is 3.11. The molecular formula is C12H11BrFNO3. The highest BCUT2D eigenvalue weighted by molar-refractivity contribution is 9.10. The Kier molecular flexibility index (Phi) is 3.65. The predicted molar refractivity (Wildman–Crippen MR) is 65.7 cm³/mol. The lowest BCUT2D eigenvalue weighted by Gasteiger charge is -2.16. The predicted octanol–water partition coefficient (Wildman–Crippen LogP) is 2.13. The van der Waals surface area contributed by atoms with Crippen LogP contribution in [-0.2, 0) is 4.79 Å². The van der Waals surface area contributed by atoms with Gasteiger partial charge in [0.25, 0.3) is 5.91 Å². The van der Waals surface area contributed by atoms with Gasteiger partial charge in [0.2, 0.25) is 0 Å². The Hall–Kier alpha value is -1.43. The van der Waals surface area contributed by atoms with Gasteiger partial charge in [-0.1, -0.05) is 15.9 Å². The molecule has 1 fully saturated rings. The van der Waals surface area contributed by atoms with Crippen molar-refractivity contribution in [2.75, 3.05) is 13.1 Å². The third kappa shape index (κ3) is 2.53. The van der Waals surface area contributed by atoms with E-state index in [9.17, 15) is 14.0 Å². The van der Waals surface area contributed by atoms with E-state index in [0.29, 0.717) is 17.4 Å². The van der Waals surface area contributed by atoms with Gasteiger partial charge in [-0.3, -0.25) is 9.59 Å². The highest BCUT2D eigenvalue weighted by Gasteiger charge is 2.32. The molecule has 0 spiro atoms. The van der Waals surface area contributed by atoms with Crippen LogP contribution >= 0.6 is 15.9 Å². The zero-order valence-corrected chi connectivity index (χ0v) is 11.0. The molecule has 0 aliphatic carbocycles. The molecule has 2 rings (SSSR count). The molecule has 1 aromatic rings. The number of rotatable bonds is 2. The lowest BCUT2D eigenvalue weighted by atomic mass is 10.1. The van der Waals surface area contributed by atoms with Gasteiger partial charge in [0.15, 0.2) is 0 Å². The lowest BCUT2D eigenvalue weighted by molar-refractivity contribution is -0.141. The molecule has 1 aromatic carbocycles. The van der Waals surface area contributed by atoms with E-state index in [4.69, 9.17) is 5.11 Å². The Morgan fingerprint density at radius 3 is 2.72 bits per heavy atom. The van der Waals surface area contributed by atoms with E-state index in [1.807, 2.05) is 0 Å². The number of hydrogen-bond donors (Lipinski definition) is 1. The number of aliphatic carboxylic acids is 1. The van der Waals surface area contributed by atoms with Crippen molar-refractivity contribution in [2.45, 2.75) is 6.42 Å². The van der Waals surface area contributed by atoms with Gasteiger partial charge in [-0.2, -0.15) is 0 Å². The zero-order chi connectivity index (χ0) is 13.3. The van der Waals surface area contributed by atoms with Crippen LogP contribution in [0, 0.1) is 11.7 Å². The molecule has 6 heteroatoms. The van der Waals surface area contributed by atoms with Crippen LogP contribution in [0.25, 0.3) is 0 Å². The van der Waals surface area contributed by atoms with Crippen LogP contribution in [0.4, 0.5) is 4.39 Å². The van der Waals surface area contributed by atoms with Crippen LogP contribution in [0.15, 0.2) is 22.7 Å². The summed E-state index contributed by atoms with van der Waals surface area (Å²) in [5.74, 6) is -2.52. The van der Waals surface area contributed by atoms with Gasteiger partial charge in [0.05, 0.1) is 11.5 Å². The molecule has 1 aliphatic rings. The van der Waals surface area contributed by atoms with Crippen LogP contribution in [0.2, 0.25) is 0 Å². The van der Waals surface area contributed by atoms with E-state index in [2.05, 4.69) is 15.9 Å². The van der Waals surface area contributed by atoms with Gasteiger partial charge in [0, 0.05) is 17.6 Å². The molecule has 1 aliphatic heterocycles. The molecule has 1 N–H and O–H groups in total. The number of carbonyl (C=O) groups excluding carboxylic acids is 1. The maximum absolute atomic E-state index is 13.6. The number of carbonyl (C=O) groups is 2. The van der Waals surface area contributed by atoms with Crippen molar-refractivity contribution in [1.82, 2.24) is 4.90 Å². The minimum absolute atomic E-state index is 0.0239. The third-order valence-corrected chi connectivity index (χ3v) is 3.48. The summed E-state index contributed by atoms with van der Waals surface area (Å²) in [4.78, 5) is 24.2. The molecule has 1 atom stereocenters. The molecule has 18 heavy (non-hydrogen) atoms. The summed E-state index contributed by atoms with van der Waals surface area (Å²) in [6.45, 7) is 0.495. The lowest BCUT2D eigenvalue weighted by Crippen LogP contribution is -2.30. The molecule has 96 valence electrons. The van der Waals surface area contributed by atoms with Gasteiger partial charge in [-0.15, -0.1) is 0 Å². The number of amides is 1. The number of nitrogens with zero attached hydrogens (tertiary/aromatic N) is 1. The third-order valence-electron chi connectivity index (χ3n) is 2.99. The summed E-state index contributed by atoms with van der Waals surface area (Å²) in [5.41, 5.74) is -0.0239. The maximum Gasteiger partial charge on any atom is 0.308 e. The molecule has 1 amide bonds. The minimum Gasteiger partial charge on any atom is -0.481 e. The van der Waals surface area contributed by atoms with Crippen molar-refractivity contribution in [2.24, 2.45) is 5.92 Å². The van der Waals surface area contributed by atoms with Gasteiger partial charge < -0.3 is 10.0 Å². The first-order valence-electron chi connectivity index (χ1n) is 5.46. The van der Waals surface area contributed by atoms with Crippen LogP contribution in [0.3, 0.4) is 0 Å². The van der Waals surface area contributed by atoms with E-state index in [0.717, 1.165) is 0 Å². The average Bonchev–Trinajstić information content (AvgIpc) is 2.77. The van der Waals surface area contributed by atoms with E-state index < -0.39 is 23.6 Å². The summed E-state index contributed by atoms with van der Waals surface area (Å²) in [6.07, 6.45) is 0.416. The number of hydrogen-bond acceptors (Lipinski definition) is 2. The number of halogens is 2. The largest absolute Gasteiger partial charge is 0.481 e. The Balaban J connectivity index is 2.15. The summed E-state index contributed by atoms with van der Waals surface area (Å²) in [7, 11) is 0. The molecule has 1 saturated heterocycles. The quantitative estimate of drug-likeness (QED) is 0.909. The van der Waals surface area contributed by atoms with Crippen molar-refractivity contribution in [3.63, 3.8) is 0 Å². The van der Waals surface area contributed by atoms with E-state index in [-0.39, 0.29) is 12.1 Å². The normalized spacial score (nSPS) is 19.0. The Labute approximate surface area is 112 Å². The van der Waals surface area contributed by atoms with Gasteiger partial charge >= 0.3 is 5.97 Å². The number of carboxylic acid groups (broad SMARTS) is 1. The van der Waals surface area contributed by atoms with Crippen molar-refractivity contribution >= 4 is 27.8 Å². The molecular weight excluding hydrogens is 305 g/mol. The van der Waals surface area contributed by atoms with Crippen LogP contribution < -0.4 is 0 Å². The molecule has 4 nitrogen and oxygen atoms in total. The smallest absolute Gasteiger partial charge is 0.308 e. The first-order valence-corrected chi connectivity index (χ1v) is 6.25. The highest BCUT2D eigenvalue weighted by atomic mass is 79.9. The SMILES string of the molecule is O=C(O)[C@H]1CCN(C(=O)c2ccc(Br)cc2F)C1. The van der Waals surface area contributed by atoms with Gasteiger partial charge in [-0.05, 0) is 24.6 Å². The van der Waals surface area contributed by atoms with E-state index >= 15 is 0 Å². The van der Waals surface area contributed by atoms with E-state index in [1.54, 1.807) is 6.07 Å². The van der Waals surface area contributed by atoms with Crippen molar-refractivity contribution in [1.29, 1.82) is 0 Å². The maximum atomic E-state index is 13.6. The summed E-state index contributed by atoms with van der Waals surface area (Å²) < 4.78 is 14.2. The number of benzene rings is 1. The molecule has 0 unspecified atom stereocenters. The Morgan fingerprint density at radius 2 is 2.17 bits per heavy atom. The van der Waals surface area contributed by atoms with Crippen molar-refractivity contribution in [3.8, 4) is 0 Å². The van der Waals surface area contributed by atoms with Crippen LogP contribution in [0.5, 0.6) is 0 Å². The minimum atomic E-state index is -0.915. The first-order chi connectivity index (χ1) is 8.49. The number of likely N-dealkylation sites (tertiary alicyclic amines) is 1. The average molecular weight is 316 g/mol. The summed E-state index contributed by atoms with van der Waals surface area (Å²) in [6, 6.07) is 4.20. The highest BCUT2D eigenvalue weighted by Crippen LogP contribution is 2.21. The van der Waals surface area contributed by atoms with Crippen molar-refractivity contribution in [3.05, 3.63) is 34.1 Å². The van der Waals surface area contributed by atoms with Crippen LogP contribution in [-0.4, -0.2) is 35.0 Å². The summed E-state index contributed by atoms with van der Waals surface area (Å²) in [5, 5.41) is 8.86. The first kappa shape index (κ1) is 13.0. The topological polar surface area (TPSA) is 57.6 Å². The molecule has 0 bridgehead atoms. The fourth-order valence-electron chi connectivity index (χ4n) is 1.98. The fraction of sp³-hybridized carbons (Fsp3) is 0.333. The molecule has 1 heterocycles. The molecule has 0 saturated carbocycles. The number of carboxylic acids is 1. The Morgan fingerprint density at radius 1 is 1.44 bits per heavy atom. The Bertz CT molecular complexity index is 506. The molecule has 0 radical (unpaired) electrons. The van der Waals surface area contributed by atoms with Crippen LogP contribution in [0.1, 0.15) is 16.8 Å².